The lowest BCUT2D eigenvalue weighted by Crippen LogP contribution is -2.48. The summed E-state index contributed by atoms with van der Waals surface area (Å²) in [5.41, 5.74) is -0.634. The zero-order valence-electron chi connectivity index (χ0n) is 14.6. The van der Waals surface area contributed by atoms with Crippen molar-refractivity contribution in [2.75, 3.05) is 13.1 Å². The second-order valence-corrected chi connectivity index (χ2v) is 9.36. The quantitative estimate of drug-likeness (QED) is 0.548. The van der Waals surface area contributed by atoms with Gasteiger partial charge in [-0.1, -0.05) is 33.2 Å². The van der Waals surface area contributed by atoms with Gasteiger partial charge < -0.3 is 4.52 Å². The monoisotopic (exact) mass is 487 g/mol. The third-order valence-corrected chi connectivity index (χ3v) is 6.91. The zero-order chi connectivity index (χ0) is 20.8. The van der Waals surface area contributed by atoms with E-state index in [1.54, 1.807) is 12.1 Å². The maximum absolute atomic E-state index is 12.9. The highest BCUT2D eigenvalue weighted by Gasteiger charge is 2.40. The molecule has 4 rings (SSSR count). The van der Waals surface area contributed by atoms with Gasteiger partial charge in [0, 0.05) is 23.1 Å². The van der Waals surface area contributed by atoms with E-state index >= 15 is 0 Å². The summed E-state index contributed by atoms with van der Waals surface area (Å²) >= 11 is 3.26. The van der Waals surface area contributed by atoms with Crippen LogP contribution in [0.5, 0.6) is 0 Å². The van der Waals surface area contributed by atoms with Gasteiger partial charge in [-0.2, -0.15) is 22.5 Å². The first-order valence-corrected chi connectivity index (χ1v) is 10.6. The van der Waals surface area contributed by atoms with E-state index in [-0.39, 0.29) is 41.2 Å². The van der Waals surface area contributed by atoms with Gasteiger partial charge in [-0.25, -0.2) is 8.42 Å². The Hall–Kier alpha value is -2.24. The highest BCUT2D eigenvalue weighted by Crippen LogP contribution is 2.34. The smallest absolute Gasteiger partial charge is 0.339 e. The summed E-state index contributed by atoms with van der Waals surface area (Å²) in [6, 6.07) is 10.9. The molecule has 0 spiro atoms. The van der Waals surface area contributed by atoms with E-state index in [4.69, 9.17) is 4.52 Å². The van der Waals surface area contributed by atoms with E-state index in [0.29, 0.717) is 0 Å². The molecular formula is C18H13BrF3N3O3S. The van der Waals surface area contributed by atoms with Crippen LogP contribution in [0.4, 0.5) is 13.2 Å². The van der Waals surface area contributed by atoms with Gasteiger partial charge in [-0.15, -0.1) is 0 Å². The van der Waals surface area contributed by atoms with Crippen LogP contribution in [0, 0.1) is 0 Å². The van der Waals surface area contributed by atoms with E-state index in [0.717, 1.165) is 16.6 Å². The third-order valence-electron chi connectivity index (χ3n) is 4.54. The van der Waals surface area contributed by atoms with Crippen molar-refractivity contribution in [1.29, 1.82) is 0 Å². The van der Waals surface area contributed by atoms with Crippen LogP contribution in [0.3, 0.4) is 0 Å². The minimum atomic E-state index is -4.47. The molecule has 1 fully saturated rings. The molecule has 11 heteroatoms. The molecule has 29 heavy (non-hydrogen) atoms. The Morgan fingerprint density at radius 1 is 1.10 bits per heavy atom. The summed E-state index contributed by atoms with van der Waals surface area (Å²) in [6.07, 6.45) is -4.47. The summed E-state index contributed by atoms with van der Waals surface area (Å²) < 4.78 is 71.0. The number of benzene rings is 2. The van der Waals surface area contributed by atoms with E-state index in [1.807, 2.05) is 0 Å². The molecule has 0 radical (unpaired) electrons. The lowest BCUT2D eigenvalue weighted by molar-refractivity contribution is -0.137. The molecule has 6 nitrogen and oxygen atoms in total. The normalized spacial score (nSPS) is 16.0. The predicted molar refractivity (Wildman–Crippen MR) is 100 cm³/mol. The molecule has 2 heterocycles. The standard InChI is InChI=1S/C18H13BrF3N3O3S/c19-14-4-6-15(7-5-14)29(26,27)25-9-12(10-25)17-23-16(24-28-17)11-2-1-3-13(8-11)18(20,21)22/h1-8,12H,9-10H2. The van der Waals surface area contributed by atoms with Crippen molar-refractivity contribution in [3.05, 3.63) is 64.5 Å². The maximum Gasteiger partial charge on any atom is 0.416 e. The van der Waals surface area contributed by atoms with Crippen molar-refractivity contribution >= 4 is 26.0 Å². The van der Waals surface area contributed by atoms with Crippen LogP contribution in [-0.2, 0) is 16.2 Å². The molecule has 0 aliphatic carbocycles. The van der Waals surface area contributed by atoms with Gasteiger partial charge in [0.2, 0.25) is 21.7 Å². The van der Waals surface area contributed by atoms with Crippen LogP contribution in [0.25, 0.3) is 11.4 Å². The van der Waals surface area contributed by atoms with Crippen LogP contribution in [0.2, 0.25) is 0 Å². The van der Waals surface area contributed by atoms with Crippen molar-refractivity contribution in [1.82, 2.24) is 14.4 Å². The van der Waals surface area contributed by atoms with Gasteiger partial charge >= 0.3 is 6.18 Å². The Kier molecular flexibility index (Phi) is 4.99. The molecule has 1 aliphatic heterocycles. The van der Waals surface area contributed by atoms with Gasteiger partial charge in [0.15, 0.2) is 0 Å². The highest BCUT2D eigenvalue weighted by molar-refractivity contribution is 9.10. The fraction of sp³-hybridized carbons (Fsp3) is 0.222. The molecular weight excluding hydrogens is 475 g/mol. The van der Waals surface area contributed by atoms with Crippen LogP contribution in [0.15, 0.2) is 62.4 Å². The first kappa shape index (κ1) is 20.0. The van der Waals surface area contributed by atoms with E-state index in [2.05, 4.69) is 26.1 Å². The average Bonchev–Trinajstić information content (AvgIpc) is 3.09. The summed E-state index contributed by atoms with van der Waals surface area (Å²) in [5.74, 6) is -0.0905. The molecule has 3 aromatic rings. The summed E-state index contributed by atoms with van der Waals surface area (Å²) in [5, 5.41) is 3.74. The summed E-state index contributed by atoms with van der Waals surface area (Å²) in [4.78, 5) is 4.33. The molecule has 1 aromatic heterocycles. The minimum absolute atomic E-state index is 0.0281. The van der Waals surface area contributed by atoms with Crippen LogP contribution < -0.4 is 0 Å². The Labute approximate surface area is 172 Å². The fourth-order valence-electron chi connectivity index (χ4n) is 2.90. The Bertz CT molecular complexity index is 1140. The first-order chi connectivity index (χ1) is 13.6. The van der Waals surface area contributed by atoms with Crippen molar-refractivity contribution in [2.45, 2.75) is 17.0 Å². The Balaban J connectivity index is 1.48. The summed E-state index contributed by atoms with van der Waals surface area (Å²) in [7, 11) is -3.63. The molecule has 0 bridgehead atoms. The number of hydrogen-bond donors (Lipinski definition) is 0. The summed E-state index contributed by atoms with van der Waals surface area (Å²) in [6.45, 7) is 0.311. The molecule has 2 aromatic carbocycles. The van der Waals surface area contributed by atoms with Crippen molar-refractivity contribution in [3.63, 3.8) is 0 Å². The van der Waals surface area contributed by atoms with Gasteiger partial charge in [-0.05, 0) is 36.4 Å². The lowest BCUT2D eigenvalue weighted by atomic mass is 10.0. The molecule has 1 saturated heterocycles. The average molecular weight is 488 g/mol. The topological polar surface area (TPSA) is 76.3 Å². The second-order valence-electron chi connectivity index (χ2n) is 6.51. The van der Waals surface area contributed by atoms with E-state index in [1.165, 1.54) is 28.6 Å². The van der Waals surface area contributed by atoms with Crippen molar-refractivity contribution < 1.29 is 26.1 Å². The zero-order valence-corrected chi connectivity index (χ0v) is 17.0. The number of sulfonamides is 1. The predicted octanol–water partition coefficient (Wildman–Crippen LogP) is 4.31. The second kappa shape index (κ2) is 7.22. The van der Waals surface area contributed by atoms with Gasteiger partial charge in [0.05, 0.1) is 16.4 Å². The maximum atomic E-state index is 12.9. The SMILES string of the molecule is O=S(=O)(c1ccc(Br)cc1)N1CC(c2nc(-c3cccc(C(F)(F)F)c3)no2)C1. The largest absolute Gasteiger partial charge is 0.416 e. The van der Waals surface area contributed by atoms with Gasteiger partial charge in [0.1, 0.15) is 0 Å². The van der Waals surface area contributed by atoms with E-state index < -0.39 is 21.8 Å². The number of nitrogens with zero attached hydrogens (tertiary/aromatic N) is 3. The van der Waals surface area contributed by atoms with Crippen LogP contribution in [-0.4, -0.2) is 36.0 Å². The van der Waals surface area contributed by atoms with Crippen LogP contribution in [0.1, 0.15) is 17.4 Å². The van der Waals surface area contributed by atoms with Crippen molar-refractivity contribution in [3.8, 4) is 11.4 Å². The number of hydrogen-bond acceptors (Lipinski definition) is 5. The number of aromatic nitrogens is 2. The fourth-order valence-corrected chi connectivity index (χ4v) is 4.69. The first-order valence-electron chi connectivity index (χ1n) is 8.41. The number of rotatable bonds is 4. The number of alkyl halides is 3. The Morgan fingerprint density at radius 2 is 1.79 bits per heavy atom. The highest BCUT2D eigenvalue weighted by atomic mass is 79.9. The molecule has 0 saturated carbocycles. The van der Waals surface area contributed by atoms with Crippen molar-refractivity contribution in [2.24, 2.45) is 0 Å². The number of halogens is 4. The molecule has 1 aliphatic rings. The molecule has 0 atom stereocenters. The van der Waals surface area contributed by atoms with Gasteiger partial charge in [-0.3, -0.25) is 0 Å². The van der Waals surface area contributed by atoms with E-state index in [9.17, 15) is 21.6 Å². The van der Waals surface area contributed by atoms with Crippen LogP contribution >= 0.6 is 15.9 Å². The molecule has 0 N–H and O–H groups in total. The lowest BCUT2D eigenvalue weighted by Gasteiger charge is -2.35. The molecule has 152 valence electrons. The van der Waals surface area contributed by atoms with Gasteiger partial charge in [0.25, 0.3) is 0 Å². The molecule has 0 amide bonds. The third kappa shape index (κ3) is 3.94. The molecule has 0 unspecified atom stereocenters. The Morgan fingerprint density at radius 3 is 2.45 bits per heavy atom. The minimum Gasteiger partial charge on any atom is -0.339 e.